The van der Waals surface area contributed by atoms with Crippen molar-refractivity contribution in [2.45, 2.75) is 38.0 Å². The number of carbonyl (C=O) groups is 1. The van der Waals surface area contributed by atoms with Crippen molar-refractivity contribution in [1.82, 2.24) is 0 Å². The molecule has 2 aromatic carbocycles. The summed E-state index contributed by atoms with van der Waals surface area (Å²) in [6, 6.07) is 20.0. The molecule has 2 aromatic rings. The fourth-order valence-electron chi connectivity index (χ4n) is 3.30. The molecule has 2 unspecified atom stereocenters. The number of carboxylic acid groups (broad SMARTS) is 1. The lowest BCUT2D eigenvalue weighted by Crippen LogP contribution is -2.29. The zero-order chi connectivity index (χ0) is 21.0. The summed E-state index contributed by atoms with van der Waals surface area (Å²) < 4.78 is 5.30. The number of ether oxygens (including phenoxy) is 1. The molecule has 0 radical (unpaired) electrons. The van der Waals surface area contributed by atoms with Crippen LogP contribution < -0.4 is 10.5 Å². The van der Waals surface area contributed by atoms with E-state index in [0.29, 0.717) is 12.2 Å². The van der Waals surface area contributed by atoms with Gasteiger partial charge in [-0.3, -0.25) is 4.79 Å². The summed E-state index contributed by atoms with van der Waals surface area (Å²) in [5.74, 6) is -0.804. The van der Waals surface area contributed by atoms with E-state index >= 15 is 0 Å². The molecule has 2 atom stereocenters. The summed E-state index contributed by atoms with van der Waals surface area (Å²) in [6.07, 6.45) is 2.54. The SMILES string of the molecule is CN.COc1cccc(C(C#N)(CCCc2ccccc2)CC(C)C(=O)O)c1. The molecule has 3 N–H and O–H groups in total. The third-order valence-corrected chi connectivity index (χ3v) is 4.82. The van der Waals surface area contributed by atoms with E-state index < -0.39 is 17.3 Å². The van der Waals surface area contributed by atoms with E-state index in [9.17, 15) is 15.2 Å². The van der Waals surface area contributed by atoms with Gasteiger partial charge in [0.2, 0.25) is 0 Å². The summed E-state index contributed by atoms with van der Waals surface area (Å²) in [5, 5.41) is 19.4. The average molecular weight is 383 g/mol. The molecule has 0 heterocycles. The maximum absolute atomic E-state index is 11.4. The fourth-order valence-corrected chi connectivity index (χ4v) is 3.30. The van der Waals surface area contributed by atoms with Crippen molar-refractivity contribution < 1.29 is 14.6 Å². The highest BCUT2D eigenvalue weighted by atomic mass is 16.5. The van der Waals surface area contributed by atoms with Crippen LogP contribution in [0.5, 0.6) is 5.75 Å². The summed E-state index contributed by atoms with van der Waals surface area (Å²) in [7, 11) is 3.09. The van der Waals surface area contributed by atoms with Crippen LogP contribution in [-0.2, 0) is 16.6 Å². The normalized spacial score (nSPS) is 13.2. The number of carboxylic acids is 1. The van der Waals surface area contributed by atoms with Gasteiger partial charge in [-0.2, -0.15) is 5.26 Å². The molecule has 0 aromatic heterocycles. The topological polar surface area (TPSA) is 96.3 Å². The molecule has 0 saturated carbocycles. The first-order valence-electron chi connectivity index (χ1n) is 9.41. The Labute approximate surface area is 167 Å². The molecular weight excluding hydrogens is 352 g/mol. The van der Waals surface area contributed by atoms with Crippen molar-refractivity contribution in [2.24, 2.45) is 11.7 Å². The third-order valence-electron chi connectivity index (χ3n) is 4.82. The maximum atomic E-state index is 11.4. The van der Waals surface area contributed by atoms with E-state index in [1.54, 1.807) is 14.0 Å². The molecule has 2 rings (SSSR count). The second-order valence-corrected chi connectivity index (χ2v) is 6.71. The van der Waals surface area contributed by atoms with Crippen LogP contribution in [0.3, 0.4) is 0 Å². The van der Waals surface area contributed by atoms with Gasteiger partial charge in [0.05, 0.1) is 24.5 Å². The van der Waals surface area contributed by atoms with Crippen LogP contribution in [0, 0.1) is 17.2 Å². The average Bonchev–Trinajstić information content (AvgIpc) is 2.75. The number of rotatable bonds is 9. The van der Waals surface area contributed by atoms with Crippen molar-refractivity contribution in [3.8, 4) is 11.8 Å². The zero-order valence-corrected chi connectivity index (χ0v) is 16.9. The van der Waals surface area contributed by atoms with Gasteiger partial charge < -0.3 is 15.6 Å². The van der Waals surface area contributed by atoms with Crippen molar-refractivity contribution >= 4 is 5.97 Å². The summed E-state index contributed by atoms with van der Waals surface area (Å²) >= 11 is 0. The van der Waals surface area contributed by atoms with Gasteiger partial charge in [0.15, 0.2) is 0 Å². The second-order valence-electron chi connectivity index (χ2n) is 6.71. The summed E-state index contributed by atoms with van der Waals surface area (Å²) in [5.41, 5.74) is 5.69. The van der Waals surface area contributed by atoms with Crippen molar-refractivity contribution in [1.29, 1.82) is 5.26 Å². The van der Waals surface area contributed by atoms with Gasteiger partial charge in [-0.25, -0.2) is 0 Å². The lowest BCUT2D eigenvalue weighted by atomic mass is 9.71. The Bertz CT molecular complexity index is 771. The first-order chi connectivity index (χ1) is 13.5. The number of aryl methyl sites for hydroxylation is 1. The third kappa shape index (κ3) is 6.40. The largest absolute Gasteiger partial charge is 0.497 e. The van der Waals surface area contributed by atoms with Crippen LogP contribution in [0.25, 0.3) is 0 Å². The molecule has 0 aliphatic rings. The Morgan fingerprint density at radius 2 is 1.89 bits per heavy atom. The van der Waals surface area contributed by atoms with Gasteiger partial charge in [0.1, 0.15) is 5.75 Å². The predicted molar refractivity (Wildman–Crippen MR) is 111 cm³/mol. The Balaban J connectivity index is 0.00000190. The number of nitrogens with zero attached hydrogens (tertiary/aromatic N) is 1. The molecule has 0 fully saturated rings. The number of hydrogen-bond acceptors (Lipinski definition) is 4. The number of nitrogens with two attached hydrogens (primary N) is 1. The van der Waals surface area contributed by atoms with Crippen LogP contribution in [0.15, 0.2) is 54.6 Å². The van der Waals surface area contributed by atoms with E-state index in [1.165, 1.54) is 12.6 Å². The minimum absolute atomic E-state index is 0.279. The van der Waals surface area contributed by atoms with Gasteiger partial charge in [-0.05, 0) is 56.0 Å². The van der Waals surface area contributed by atoms with Crippen LogP contribution in [-0.4, -0.2) is 25.2 Å². The maximum Gasteiger partial charge on any atom is 0.306 e. The lowest BCUT2D eigenvalue weighted by molar-refractivity contribution is -0.141. The fraction of sp³-hybridized carbons (Fsp3) is 0.391. The molecule has 0 amide bonds. The molecule has 0 aliphatic carbocycles. The number of hydrogen-bond donors (Lipinski definition) is 2. The molecule has 0 aliphatic heterocycles. The number of methoxy groups -OCH3 is 1. The molecule has 0 bridgehead atoms. The smallest absolute Gasteiger partial charge is 0.306 e. The molecule has 0 saturated heterocycles. The van der Waals surface area contributed by atoms with Gasteiger partial charge >= 0.3 is 5.97 Å². The van der Waals surface area contributed by atoms with Crippen LogP contribution in [0.2, 0.25) is 0 Å². The van der Waals surface area contributed by atoms with Crippen molar-refractivity contribution in [3.63, 3.8) is 0 Å². The number of nitriles is 1. The van der Waals surface area contributed by atoms with E-state index in [-0.39, 0.29) is 6.42 Å². The summed E-state index contributed by atoms with van der Waals surface area (Å²) in [6.45, 7) is 1.66. The first-order valence-corrected chi connectivity index (χ1v) is 9.41. The molecule has 28 heavy (non-hydrogen) atoms. The first kappa shape index (κ1) is 23.2. The van der Waals surface area contributed by atoms with Crippen molar-refractivity contribution in [3.05, 3.63) is 65.7 Å². The second kappa shape index (κ2) is 11.8. The van der Waals surface area contributed by atoms with E-state index in [2.05, 4.69) is 23.9 Å². The van der Waals surface area contributed by atoms with Gasteiger partial charge in [0, 0.05) is 0 Å². The van der Waals surface area contributed by atoms with Gasteiger partial charge in [0.25, 0.3) is 0 Å². The van der Waals surface area contributed by atoms with E-state index in [4.69, 9.17) is 4.74 Å². The lowest BCUT2D eigenvalue weighted by Gasteiger charge is -2.29. The number of aliphatic carboxylic acids is 1. The van der Waals surface area contributed by atoms with Crippen LogP contribution >= 0.6 is 0 Å². The standard InChI is InChI=1S/C22H25NO3.CH5N/c1-17(21(24)25)15-22(16-23,19-11-6-12-20(14-19)26-2)13-7-10-18-8-4-3-5-9-18;1-2/h3-6,8-9,11-12,14,17H,7,10,13,15H2,1-2H3,(H,24,25);2H2,1H3. The minimum Gasteiger partial charge on any atom is -0.497 e. The Morgan fingerprint density at radius 3 is 2.46 bits per heavy atom. The Hall–Kier alpha value is -2.84. The highest BCUT2D eigenvalue weighted by Gasteiger charge is 2.36. The van der Waals surface area contributed by atoms with E-state index in [0.717, 1.165) is 18.4 Å². The molecule has 150 valence electrons. The predicted octanol–water partition coefficient (Wildman–Crippen LogP) is 4.17. The highest BCUT2D eigenvalue weighted by Crippen LogP contribution is 2.37. The van der Waals surface area contributed by atoms with Crippen LogP contribution in [0.1, 0.15) is 37.3 Å². The van der Waals surface area contributed by atoms with Crippen LogP contribution in [0.4, 0.5) is 0 Å². The van der Waals surface area contributed by atoms with Crippen molar-refractivity contribution in [2.75, 3.05) is 14.2 Å². The quantitative estimate of drug-likeness (QED) is 0.679. The summed E-state index contributed by atoms with van der Waals surface area (Å²) in [4.78, 5) is 11.4. The van der Waals surface area contributed by atoms with Gasteiger partial charge in [-0.1, -0.05) is 49.4 Å². The monoisotopic (exact) mass is 382 g/mol. The Kier molecular flexibility index (Phi) is 9.76. The molecule has 5 heteroatoms. The Morgan fingerprint density at radius 1 is 1.21 bits per heavy atom. The highest BCUT2D eigenvalue weighted by molar-refractivity contribution is 5.69. The molecule has 0 spiro atoms. The van der Waals surface area contributed by atoms with Gasteiger partial charge in [-0.15, -0.1) is 0 Å². The van der Waals surface area contributed by atoms with E-state index in [1.807, 2.05) is 42.5 Å². The minimum atomic E-state index is -0.879. The zero-order valence-electron chi connectivity index (χ0n) is 16.9. The molecule has 5 nitrogen and oxygen atoms in total. The molecular formula is C23H30N2O3. The number of benzene rings is 2.